The number of anilines is 1. The Hall–Kier alpha value is -0.410. The van der Waals surface area contributed by atoms with Crippen LogP contribution in [-0.4, -0.2) is 23.0 Å². The van der Waals surface area contributed by atoms with Crippen molar-refractivity contribution in [2.45, 2.75) is 19.4 Å². The van der Waals surface area contributed by atoms with Crippen LogP contribution in [0.15, 0.2) is 18.5 Å². The molecule has 0 saturated heterocycles. The van der Waals surface area contributed by atoms with Crippen molar-refractivity contribution >= 4 is 29.1 Å². The molecule has 1 aromatic rings. The van der Waals surface area contributed by atoms with Crippen LogP contribution >= 0.6 is 23.4 Å². The van der Waals surface area contributed by atoms with Gasteiger partial charge in [0.1, 0.15) is 0 Å². The summed E-state index contributed by atoms with van der Waals surface area (Å²) >= 11 is 7.83. The Morgan fingerprint density at radius 3 is 3.07 bits per heavy atom. The van der Waals surface area contributed by atoms with Gasteiger partial charge < -0.3 is 5.32 Å². The van der Waals surface area contributed by atoms with Crippen LogP contribution in [0.25, 0.3) is 0 Å². The van der Waals surface area contributed by atoms with Crippen molar-refractivity contribution in [2.75, 3.05) is 17.3 Å². The van der Waals surface area contributed by atoms with E-state index in [-0.39, 0.29) is 0 Å². The molecule has 0 bridgehead atoms. The van der Waals surface area contributed by atoms with Gasteiger partial charge in [0, 0.05) is 18.4 Å². The Balaban J connectivity index is 2.47. The molecular formula is C10H15ClN2S. The lowest BCUT2D eigenvalue weighted by atomic mass is 10.2. The van der Waals surface area contributed by atoms with Gasteiger partial charge in [0.05, 0.1) is 10.7 Å². The number of hydrogen-bond donors (Lipinski definition) is 1. The summed E-state index contributed by atoms with van der Waals surface area (Å²) in [5, 5.41) is 4.04. The van der Waals surface area contributed by atoms with Gasteiger partial charge in [-0.1, -0.05) is 11.6 Å². The first-order valence-corrected chi connectivity index (χ1v) is 6.36. The molecule has 0 aliphatic rings. The molecule has 4 heteroatoms. The molecule has 0 spiro atoms. The summed E-state index contributed by atoms with van der Waals surface area (Å²) < 4.78 is 0. The first-order chi connectivity index (χ1) is 6.74. The second-order valence-electron chi connectivity index (χ2n) is 3.18. The quantitative estimate of drug-likeness (QED) is 0.841. The fourth-order valence-electron chi connectivity index (χ4n) is 1.12. The second-order valence-corrected chi connectivity index (χ2v) is 4.58. The minimum atomic E-state index is 0.447. The monoisotopic (exact) mass is 230 g/mol. The van der Waals surface area contributed by atoms with Gasteiger partial charge in [-0.3, -0.25) is 4.98 Å². The lowest BCUT2D eigenvalue weighted by molar-refractivity contribution is 0.772. The molecule has 0 aromatic carbocycles. The fraction of sp³-hybridized carbons (Fsp3) is 0.500. The van der Waals surface area contributed by atoms with E-state index in [4.69, 9.17) is 11.6 Å². The van der Waals surface area contributed by atoms with Crippen LogP contribution in [0.5, 0.6) is 0 Å². The highest BCUT2D eigenvalue weighted by Gasteiger charge is 2.04. The lowest BCUT2D eigenvalue weighted by Gasteiger charge is -2.15. The predicted octanol–water partition coefficient (Wildman–Crippen LogP) is 3.29. The van der Waals surface area contributed by atoms with Gasteiger partial charge >= 0.3 is 0 Å². The van der Waals surface area contributed by atoms with Crippen LogP contribution in [-0.2, 0) is 0 Å². The van der Waals surface area contributed by atoms with Gasteiger partial charge in [-0.05, 0) is 31.4 Å². The van der Waals surface area contributed by atoms with Gasteiger partial charge in [0.25, 0.3) is 0 Å². The molecule has 14 heavy (non-hydrogen) atoms. The van der Waals surface area contributed by atoms with Gasteiger partial charge in [-0.25, -0.2) is 0 Å². The van der Waals surface area contributed by atoms with Crippen molar-refractivity contribution < 1.29 is 0 Å². The van der Waals surface area contributed by atoms with Gasteiger partial charge in [-0.15, -0.1) is 0 Å². The number of rotatable bonds is 5. The van der Waals surface area contributed by atoms with E-state index in [1.165, 1.54) is 0 Å². The summed E-state index contributed by atoms with van der Waals surface area (Å²) in [6.45, 7) is 2.16. The number of nitrogens with zero attached hydrogens (tertiary/aromatic N) is 1. The van der Waals surface area contributed by atoms with Crippen molar-refractivity contribution in [2.24, 2.45) is 0 Å². The average molecular weight is 231 g/mol. The largest absolute Gasteiger partial charge is 0.381 e. The van der Waals surface area contributed by atoms with Crippen LogP contribution in [0, 0.1) is 0 Å². The number of pyridine rings is 1. The molecule has 1 rings (SSSR count). The van der Waals surface area contributed by atoms with Crippen molar-refractivity contribution in [1.29, 1.82) is 0 Å². The van der Waals surface area contributed by atoms with E-state index < -0.39 is 0 Å². The number of hydrogen-bond acceptors (Lipinski definition) is 3. The van der Waals surface area contributed by atoms with E-state index in [1.807, 2.05) is 17.8 Å². The van der Waals surface area contributed by atoms with Crippen molar-refractivity contribution in [1.82, 2.24) is 4.98 Å². The third-order valence-electron chi connectivity index (χ3n) is 1.93. The zero-order valence-electron chi connectivity index (χ0n) is 8.46. The maximum Gasteiger partial charge on any atom is 0.0820 e. The Morgan fingerprint density at radius 1 is 1.64 bits per heavy atom. The third-order valence-corrected chi connectivity index (χ3v) is 2.87. The molecular weight excluding hydrogens is 216 g/mol. The van der Waals surface area contributed by atoms with E-state index in [2.05, 4.69) is 23.5 Å². The summed E-state index contributed by atoms with van der Waals surface area (Å²) in [6, 6.07) is 2.35. The molecule has 1 N–H and O–H groups in total. The Labute approximate surface area is 94.5 Å². The lowest BCUT2D eigenvalue weighted by Crippen LogP contribution is -2.16. The smallest absolute Gasteiger partial charge is 0.0820 e. The minimum Gasteiger partial charge on any atom is -0.381 e. The van der Waals surface area contributed by atoms with E-state index in [9.17, 15) is 0 Å². The first kappa shape index (κ1) is 11.7. The summed E-state index contributed by atoms with van der Waals surface area (Å²) in [6.07, 6.45) is 6.66. The van der Waals surface area contributed by atoms with Crippen molar-refractivity contribution in [3.63, 3.8) is 0 Å². The van der Waals surface area contributed by atoms with Crippen LogP contribution in [0.4, 0.5) is 5.69 Å². The molecule has 0 radical (unpaired) electrons. The number of nitrogens with one attached hydrogen (secondary N) is 1. The van der Waals surface area contributed by atoms with Crippen LogP contribution < -0.4 is 5.32 Å². The van der Waals surface area contributed by atoms with Gasteiger partial charge in [0.15, 0.2) is 0 Å². The predicted molar refractivity (Wildman–Crippen MR) is 65.3 cm³/mol. The summed E-state index contributed by atoms with van der Waals surface area (Å²) in [7, 11) is 0. The molecule has 1 heterocycles. The highest BCUT2D eigenvalue weighted by molar-refractivity contribution is 7.98. The standard InChI is InChI=1S/C10H15ClN2S/c1-8(4-6-14-2)13-10-3-5-12-7-9(10)11/h3,5,7-8H,4,6H2,1-2H3,(H,12,13). The molecule has 0 aliphatic heterocycles. The Morgan fingerprint density at radius 2 is 2.43 bits per heavy atom. The fourth-order valence-corrected chi connectivity index (χ4v) is 1.89. The van der Waals surface area contributed by atoms with Gasteiger partial charge in [0.2, 0.25) is 0 Å². The van der Waals surface area contributed by atoms with E-state index in [0.717, 1.165) is 17.9 Å². The molecule has 1 unspecified atom stereocenters. The zero-order chi connectivity index (χ0) is 10.4. The molecule has 78 valence electrons. The van der Waals surface area contributed by atoms with E-state index in [1.54, 1.807) is 12.4 Å². The van der Waals surface area contributed by atoms with Crippen LogP contribution in [0.2, 0.25) is 5.02 Å². The Bertz CT molecular complexity index is 281. The normalized spacial score (nSPS) is 12.5. The molecule has 0 saturated carbocycles. The topological polar surface area (TPSA) is 24.9 Å². The second kappa shape index (κ2) is 6.14. The average Bonchev–Trinajstić information content (AvgIpc) is 2.18. The maximum absolute atomic E-state index is 5.97. The number of thioether (sulfide) groups is 1. The van der Waals surface area contributed by atoms with Crippen LogP contribution in [0.3, 0.4) is 0 Å². The Kier molecular flexibility index (Phi) is 5.12. The zero-order valence-corrected chi connectivity index (χ0v) is 10.0. The highest BCUT2D eigenvalue weighted by atomic mass is 35.5. The molecule has 0 aliphatic carbocycles. The maximum atomic E-state index is 5.97. The molecule has 1 atom stereocenters. The van der Waals surface area contributed by atoms with E-state index in [0.29, 0.717) is 11.1 Å². The SMILES string of the molecule is CSCCC(C)Nc1ccncc1Cl. The van der Waals surface area contributed by atoms with Crippen molar-refractivity contribution in [3.8, 4) is 0 Å². The van der Waals surface area contributed by atoms with Crippen LogP contribution in [0.1, 0.15) is 13.3 Å². The highest BCUT2D eigenvalue weighted by Crippen LogP contribution is 2.20. The van der Waals surface area contributed by atoms with Gasteiger partial charge in [-0.2, -0.15) is 11.8 Å². The molecule has 0 amide bonds. The molecule has 1 aromatic heterocycles. The minimum absolute atomic E-state index is 0.447. The van der Waals surface area contributed by atoms with E-state index >= 15 is 0 Å². The summed E-state index contributed by atoms with van der Waals surface area (Å²) in [5.74, 6) is 1.16. The summed E-state index contributed by atoms with van der Waals surface area (Å²) in [4.78, 5) is 3.94. The first-order valence-electron chi connectivity index (χ1n) is 4.59. The summed E-state index contributed by atoms with van der Waals surface area (Å²) in [5.41, 5.74) is 0.968. The molecule has 2 nitrogen and oxygen atoms in total. The molecule has 0 fully saturated rings. The number of aromatic nitrogens is 1. The third kappa shape index (κ3) is 3.76. The van der Waals surface area contributed by atoms with Crippen molar-refractivity contribution in [3.05, 3.63) is 23.5 Å². The number of halogens is 1.